The molecule has 0 unspecified atom stereocenters. The van der Waals surface area contributed by atoms with E-state index in [9.17, 15) is 18.0 Å². The van der Waals surface area contributed by atoms with Crippen molar-refractivity contribution in [2.45, 2.75) is 52.1 Å². The third kappa shape index (κ3) is 7.17. The Morgan fingerprint density at radius 3 is 2.26 bits per heavy atom. The summed E-state index contributed by atoms with van der Waals surface area (Å²) in [6.07, 6.45) is 0. The zero-order chi connectivity index (χ0) is 28.7. The van der Waals surface area contributed by atoms with Crippen molar-refractivity contribution in [3.63, 3.8) is 0 Å². The summed E-state index contributed by atoms with van der Waals surface area (Å²) in [5.74, 6) is -0.220. The number of hydrogen-bond acceptors (Lipinski definition) is 5. The predicted octanol–water partition coefficient (Wildman–Crippen LogP) is 4.37. The van der Waals surface area contributed by atoms with Crippen molar-refractivity contribution in [2.24, 2.45) is 0 Å². The standard InChI is InChI=1S/C30H37N3O5S/c1-7-31-30(35)24(5)32(19-25-9-8-10-27(18-25)38-6)29(34)20-33(26-14-13-22(3)23(4)17-26)39(36,37)28-15-11-21(2)12-16-28/h8-18,24H,7,19-20H2,1-6H3,(H,31,35)/t24-/m0/s1. The maximum atomic E-state index is 13.9. The van der Waals surface area contributed by atoms with Crippen LogP contribution >= 0.6 is 0 Å². The first-order chi connectivity index (χ1) is 18.5. The van der Waals surface area contributed by atoms with Crippen molar-refractivity contribution in [1.29, 1.82) is 0 Å². The molecule has 0 aliphatic carbocycles. The minimum absolute atomic E-state index is 0.0789. The average molecular weight is 552 g/mol. The lowest BCUT2D eigenvalue weighted by molar-refractivity contribution is -0.139. The Morgan fingerprint density at radius 2 is 1.64 bits per heavy atom. The molecule has 0 saturated carbocycles. The summed E-state index contributed by atoms with van der Waals surface area (Å²) in [5, 5.41) is 2.76. The van der Waals surface area contributed by atoms with Gasteiger partial charge in [-0.2, -0.15) is 0 Å². The van der Waals surface area contributed by atoms with E-state index >= 15 is 0 Å². The highest BCUT2D eigenvalue weighted by molar-refractivity contribution is 7.92. The van der Waals surface area contributed by atoms with Gasteiger partial charge >= 0.3 is 0 Å². The van der Waals surface area contributed by atoms with Crippen molar-refractivity contribution in [3.05, 3.63) is 89.0 Å². The monoisotopic (exact) mass is 551 g/mol. The van der Waals surface area contributed by atoms with Crippen LogP contribution in [0, 0.1) is 20.8 Å². The Morgan fingerprint density at radius 1 is 0.949 bits per heavy atom. The largest absolute Gasteiger partial charge is 0.497 e. The molecule has 208 valence electrons. The summed E-state index contributed by atoms with van der Waals surface area (Å²) >= 11 is 0. The van der Waals surface area contributed by atoms with Crippen molar-refractivity contribution < 1.29 is 22.7 Å². The number of ether oxygens (including phenoxy) is 1. The van der Waals surface area contributed by atoms with E-state index < -0.39 is 28.5 Å². The van der Waals surface area contributed by atoms with Gasteiger partial charge in [0, 0.05) is 13.1 Å². The lowest BCUT2D eigenvalue weighted by Gasteiger charge is -2.32. The number of benzene rings is 3. The molecule has 0 saturated heterocycles. The van der Waals surface area contributed by atoms with Gasteiger partial charge in [0.25, 0.3) is 10.0 Å². The molecule has 9 heteroatoms. The second kappa shape index (κ2) is 12.8. The zero-order valence-electron chi connectivity index (χ0n) is 23.4. The van der Waals surface area contributed by atoms with E-state index in [1.165, 1.54) is 17.0 Å². The van der Waals surface area contributed by atoms with E-state index in [4.69, 9.17) is 4.74 Å². The minimum Gasteiger partial charge on any atom is -0.497 e. The fraction of sp³-hybridized carbons (Fsp3) is 0.333. The van der Waals surface area contributed by atoms with Crippen LogP contribution in [0.1, 0.15) is 36.1 Å². The third-order valence-electron chi connectivity index (χ3n) is 6.67. The lowest BCUT2D eigenvalue weighted by Crippen LogP contribution is -2.51. The Labute approximate surface area is 231 Å². The number of sulfonamides is 1. The van der Waals surface area contributed by atoms with Gasteiger partial charge in [-0.25, -0.2) is 8.42 Å². The number of anilines is 1. The second-order valence-corrected chi connectivity index (χ2v) is 11.4. The molecule has 1 atom stereocenters. The minimum atomic E-state index is -4.10. The van der Waals surface area contributed by atoms with Crippen LogP contribution in [0.25, 0.3) is 0 Å². The molecular weight excluding hydrogens is 514 g/mol. The average Bonchev–Trinajstić information content (AvgIpc) is 2.92. The Hall–Kier alpha value is -3.85. The Bertz CT molecular complexity index is 1420. The summed E-state index contributed by atoms with van der Waals surface area (Å²) in [4.78, 5) is 28.2. The quantitative estimate of drug-likeness (QED) is 0.382. The molecule has 2 amide bonds. The van der Waals surface area contributed by atoms with E-state index in [2.05, 4.69) is 5.32 Å². The number of likely N-dealkylation sites (N-methyl/N-ethyl adjacent to an activating group) is 1. The van der Waals surface area contributed by atoms with Crippen LogP contribution in [-0.2, 0) is 26.2 Å². The van der Waals surface area contributed by atoms with Crippen LogP contribution < -0.4 is 14.4 Å². The molecule has 1 N–H and O–H groups in total. The zero-order valence-corrected chi connectivity index (χ0v) is 24.2. The van der Waals surface area contributed by atoms with Crippen molar-refractivity contribution in [1.82, 2.24) is 10.2 Å². The lowest BCUT2D eigenvalue weighted by atomic mass is 10.1. The van der Waals surface area contributed by atoms with Crippen LogP contribution in [0.15, 0.2) is 71.6 Å². The van der Waals surface area contributed by atoms with E-state index in [-0.39, 0.29) is 17.3 Å². The number of aryl methyl sites for hydroxylation is 3. The number of nitrogens with zero attached hydrogens (tertiary/aromatic N) is 2. The van der Waals surface area contributed by atoms with Crippen LogP contribution in [-0.4, -0.2) is 51.4 Å². The van der Waals surface area contributed by atoms with Crippen molar-refractivity contribution in [3.8, 4) is 5.75 Å². The van der Waals surface area contributed by atoms with E-state index in [0.29, 0.717) is 18.0 Å². The number of rotatable bonds is 11. The van der Waals surface area contributed by atoms with Crippen LogP contribution in [0.5, 0.6) is 5.75 Å². The molecule has 8 nitrogen and oxygen atoms in total. The van der Waals surface area contributed by atoms with E-state index in [0.717, 1.165) is 26.6 Å². The van der Waals surface area contributed by atoms with Crippen LogP contribution in [0.4, 0.5) is 5.69 Å². The molecule has 3 rings (SSSR count). The van der Waals surface area contributed by atoms with Crippen molar-refractivity contribution >= 4 is 27.5 Å². The fourth-order valence-corrected chi connectivity index (χ4v) is 5.53. The summed E-state index contributed by atoms with van der Waals surface area (Å²) < 4.78 is 34.3. The first-order valence-corrected chi connectivity index (χ1v) is 14.3. The van der Waals surface area contributed by atoms with Gasteiger partial charge < -0.3 is 15.0 Å². The fourth-order valence-electron chi connectivity index (χ4n) is 4.12. The highest BCUT2D eigenvalue weighted by Crippen LogP contribution is 2.27. The molecule has 39 heavy (non-hydrogen) atoms. The normalized spacial score (nSPS) is 11.9. The second-order valence-electron chi connectivity index (χ2n) is 9.54. The topological polar surface area (TPSA) is 96.0 Å². The molecule has 0 bridgehead atoms. The Balaban J connectivity index is 2.06. The SMILES string of the molecule is CCNC(=O)[C@H](C)N(Cc1cccc(OC)c1)C(=O)CN(c1ccc(C)c(C)c1)S(=O)(=O)c1ccc(C)cc1. The molecule has 0 fully saturated rings. The number of methoxy groups -OCH3 is 1. The van der Waals surface area contributed by atoms with Gasteiger partial charge in [-0.05, 0) is 87.7 Å². The first-order valence-electron chi connectivity index (χ1n) is 12.8. The van der Waals surface area contributed by atoms with Gasteiger partial charge in [0.2, 0.25) is 11.8 Å². The number of carbonyl (C=O) groups excluding carboxylic acids is 2. The maximum Gasteiger partial charge on any atom is 0.264 e. The first kappa shape index (κ1) is 29.7. The van der Waals surface area contributed by atoms with Crippen LogP contribution in [0.2, 0.25) is 0 Å². The van der Waals surface area contributed by atoms with Gasteiger partial charge in [0.1, 0.15) is 18.3 Å². The third-order valence-corrected chi connectivity index (χ3v) is 8.46. The van der Waals surface area contributed by atoms with E-state index in [1.807, 2.05) is 32.9 Å². The highest BCUT2D eigenvalue weighted by Gasteiger charge is 2.32. The van der Waals surface area contributed by atoms with Crippen molar-refractivity contribution in [2.75, 3.05) is 24.5 Å². The van der Waals surface area contributed by atoms with Gasteiger partial charge in [-0.15, -0.1) is 0 Å². The number of amides is 2. The number of hydrogen-bond donors (Lipinski definition) is 1. The molecule has 0 radical (unpaired) electrons. The molecule has 0 heterocycles. The van der Waals surface area contributed by atoms with Gasteiger partial charge in [0.15, 0.2) is 0 Å². The summed E-state index contributed by atoms with van der Waals surface area (Å²) in [6, 6.07) is 18.2. The molecule has 0 aromatic heterocycles. The molecule has 0 spiro atoms. The summed E-state index contributed by atoms with van der Waals surface area (Å²) in [7, 11) is -2.55. The molecular formula is C30H37N3O5S. The smallest absolute Gasteiger partial charge is 0.264 e. The molecule has 3 aromatic rings. The Kier molecular flexibility index (Phi) is 9.75. The molecule has 0 aliphatic heterocycles. The molecule has 3 aromatic carbocycles. The van der Waals surface area contributed by atoms with Crippen LogP contribution in [0.3, 0.4) is 0 Å². The summed E-state index contributed by atoms with van der Waals surface area (Å²) in [6.45, 7) is 9.16. The van der Waals surface area contributed by atoms with Gasteiger partial charge in [-0.3, -0.25) is 13.9 Å². The molecule has 0 aliphatic rings. The predicted molar refractivity (Wildman–Crippen MR) is 153 cm³/mol. The van der Waals surface area contributed by atoms with Gasteiger partial charge in [0.05, 0.1) is 17.7 Å². The maximum absolute atomic E-state index is 13.9. The van der Waals surface area contributed by atoms with E-state index in [1.54, 1.807) is 63.4 Å². The number of nitrogens with one attached hydrogen (secondary N) is 1. The van der Waals surface area contributed by atoms with Gasteiger partial charge in [-0.1, -0.05) is 35.9 Å². The highest BCUT2D eigenvalue weighted by atomic mass is 32.2. The summed E-state index contributed by atoms with van der Waals surface area (Å²) in [5.41, 5.74) is 3.94. The number of carbonyl (C=O) groups is 2.